The van der Waals surface area contributed by atoms with Gasteiger partial charge in [-0.25, -0.2) is 9.97 Å². The molecule has 0 aliphatic heterocycles. The molecule has 22 heavy (non-hydrogen) atoms. The number of H-pyrrole nitrogens is 1. The highest BCUT2D eigenvalue weighted by atomic mass is 15.2. The van der Waals surface area contributed by atoms with Crippen LogP contribution in [-0.2, 0) is 0 Å². The first-order chi connectivity index (χ1) is 10.7. The number of aryl methyl sites for hydroxylation is 2. The van der Waals surface area contributed by atoms with Crippen LogP contribution in [0, 0.1) is 13.8 Å². The van der Waals surface area contributed by atoms with E-state index in [-0.39, 0.29) is 0 Å². The number of hydrogen-bond acceptors (Lipinski definition) is 5. The SMILES string of the molecule is CCCNc1nc(C)nc2nc(Nc3cccc(C)c3)[nH]c12. The molecule has 1 aromatic carbocycles. The fourth-order valence-corrected chi connectivity index (χ4v) is 2.30. The van der Waals surface area contributed by atoms with Gasteiger partial charge in [-0.3, -0.25) is 0 Å². The van der Waals surface area contributed by atoms with Crippen molar-refractivity contribution in [2.75, 3.05) is 17.2 Å². The van der Waals surface area contributed by atoms with Crippen LogP contribution in [0.3, 0.4) is 0 Å². The lowest BCUT2D eigenvalue weighted by molar-refractivity contribution is 0.961. The first kappa shape index (κ1) is 14.3. The summed E-state index contributed by atoms with van der Waals surface area (Å²) in [4.78, 5) is 16.6. The molecule has 0 bridgehead atoms. The fraction of sp³-hybridized carbons (Fsp3) is 0.312. The zero-order chi connectivity index (χ0) is 15.5. The van der Waals surface area contributed by atoms with E-state index >= 15 is 0 Å². The van der Waals surface area contributed by atoms with Gasteiger partial charge in [0.25, 0.3) is 0 Å². The minimum absolute atomic E-state index is 0.667. The fourth-order valence-electron chi connectivity index (χ4n) is 2.30. The predicted molar refractivity (Wildman–Crippen MR) is 89.7 cm³/mol. The summed E-state index contributed by atoms with van der Waals surface area (Å²) in [5.74, 6) is 2.17. The summed E-state index contributed by atoms with van der Waals surface area (Å²) in [6.07, 6.45) is 1.03. The summed E-state index contributed by atoms with van der Waals surface area (Å²) in [6, 6.07) is 8.15. The van der Waals surface area contributed by atoms with E-state index in [1.54, 1.807) is 0 Å². The Balaban J connectivity index is 1.95. The molecule has 3 rings (SSSR count). The van der Waals surface area contributed by atoms with Crippen LogP contribution in [0.15, 0.2) is 24.3 Å². The van der Waals surface area contributed by atoms with Crippen LogP contribution < -0.4 is 10.6 Å². The van der Waals surface area contributed by atoms with E-state index in [0.717, 1.165) is 30.0 Å². The van der Waals surface area contributed by atoms with E-state index in [1.165, 1.54) is 5.56 Å². The number of imidazole rings is 1. The van der Waals surface area contributed by atoms with E-state index < -0.39 is 0 Å². The Bertz CT molecular complexity index is 792. The second kappa shape index (κ2) is 6.01. The molecule has 0 unspecified atom stereocenters. The van der Waals surface area contributed by atoms with Gasteiger partial charge in [0.2, 0.25) is 5.95 Å². The summed E-state index contributed by atoms with van der Waals surface area (Å²) in [7, 11) is 0. The number of nitrogens with zero attached hydrogens (tertiary/aromatic N) is 3. The molecule has 3 N–H and O–H groups in total. The van der Waals surface area contributed by atoms with Crippen LogP contribution in [0.25, 0.3) is 11.2 Å². The van der Waals surface area contributed by atoms with Crippen molar-refractivity contribution in [3.8, 4) is 0 Å². The maximum absolute atomic E-state index is 4.51. The van der Waals surface area contributed by atoms with Gasteiger partial charge in [0.1, 0.15) is 11.3 Å². The maximum atomic E-state index is 4.51. The molecule has 2 aromatic heterocycles. The van der Waals surface area contributed by atoms with Crippen molar-refractivity contribution < 1.29 is 0 Å². The Morgan fingerprint density at radius 3 is 2.77 bits per heavy atom. The molecule has 3 aromatic rings. The van der Waals surface area contributed by atoms with Gasteiger partial charge < -0.3 is 15.6 Å². The zero-order valence-corrected chi connectivity index (χ0v) is 13.1. The number of anilines is 3. The van der Waals surface area contributed by atoms with Crippen molar-refractivity contribution in [1.29, 1.82) is 0 Å². The van der Waals surface area contributed by atoms with Crippen molar-refractivity contribution >= 4 is 28.6 Å². The quantitative estimate of drug-likeness (QED) is 0.671. The highest BCUT2D eigenvalue weighted by molar-refractivity contribution is 5.85. The molecule has 0 spiro atoms. The smallest absolute Gasteiger partial charge is 0.207 e. The number of aromatic nitrogens is 4. The average molecular weight is 296 g/mol. The Morgan fingerprint density at radius 1 is 1.14 bits per heavy atom. The van der Waals surface area contributed by atoms with Gasteiger partial charge in [0, 0.05) is 12.2 Å². The molecule has 0 saturated carbocycles. The topological polar surface area (TPSA) is 78.5 Å². The minimum atomic E-state index is 0.667. The molecular formula is C16H20N6. The number of hydrogen-bond donors (Lipinski definition) is 3. The summed E-state index contributed by atoms with van der Waals surface area (Å²) in [5, 5.41) is 6.59. The molecule has 6 nitrogen and oxygen atoms in total. The van der Waals surface area contributed by atoms with E-state index in [2.05, 4.69) is 56.5 Å². The monoisotopic (exact) mass is 296 g/mol. The van der Waals surface area contributed by atoms with Gasteiger partial charge in [-0.05, 0) is 38.0 Å². The predicted octanol–water partition coefficient (Wildman–Crippen LogP) is 3.54. The number of benzene rings is 1. The van der Waals surface area contributed by atoms with Crippen molar-refractivity contribution in [3.05, 3.63) is 35.7 Å². The van der Waals surface area contributed by atoms with Crippen molar-refractivity contribution in [2.45, 2.75) is 27.2 Å². The van der Waals surface area contributed by atoms with Gasteiger partial charge in [0.05, 0.1) is 0 Å². The molecule has 0 saturated heterocycles. The van der Waals surface area contributed by atoms with E-state index in [0.29, 0.717) is 17.4 Å². The van der Waals surface area contributed by atoms with Crippen LogP contribution in [0.1, 0.15) is 24.7 Å². The van der Waals surface area contributed by atoms with Crippen molar-refractivity contribution in [3.63, 3.8) is 0 Å². The molecule has 0 radical (unpaired) electrons. The number of fused-ring (bicyclic) bond motifs is 1. The Kier molecular flexibility index (Phi) is 3.91. The highest BCUT2D eigenvalue weighted by Gasteiger charge is 2.11. The van der Waals surface area contributed by atoms with Crippen molar-refractivity contribution in [2.24, 2.45) is 0 Å². The van der Waals surface area contributed by atoms with Gasteiger partial charge in [-0.15, -0.1) is 0 Å². The lowest BCUT2D eigenvalue weighted by Gasteiger charge is -2.05. The summed E-state index contributed by atoms with van der Waals surface area (Å²) in [5.41, 5.74) is 3.68. The average Bonchev–Trinajstić information content (AvgIpc) is 2.87. The molecule has 6 heteroatoms. The maximum Gasteiger partial charge on any atom is 0.207 e. The molecule has 0 atom stereocenters. The number of aromatic amines is 1. The van der Waals surface area contributed by atoms with E-state index in [9.17, 15) is 0 Å². The van der Waals surface area contributed by atoms with Crippen LogP contribution in [0.5, 0.6) is 0 Å². The first-order valence-electron chi connectivity index (χ1n) is 7.47. The molecule has 0 fully saturated rings. The Morgan fingerprint density at radius 2 is 2.00 bits per heavy atom. The van der Waals surface area contributed by atoms with Crippen molar-refractivity contribution in [1.82, 2.24) is 19.9 Å². The molecular weight excluding hydrogens is 276 g/mol. The summed E-state index contributed by atoms with van der Waals surface area (Å²) < 4.78 is 0. The third kappa shape index (κ3) is 3.00. The lowest BCUT2D eigenvalue weighted by atomic mass is 10.2. The molecule has 0 aliphatic rings. The Labute approximate surface area is 129 Å². The van der Waals surface area contributed by atoms with E-state index in [1.807, 2.05) is 19.1 Å². The largest absolute Gasteiger partial charge is 0.368 e. The molecule has 114 valence electrons. The second-order valence-corrected chi connectivity index (χ2v) is 5.32. The van der Waals surface area contributed by atoms with E-state index in [4.69, 9.17) is 0 Å². The van der Waals surface area contributed by atoms with Gasteiger partial charge in [-0.2, -0.15) is 4.98 Å². The third-order valence-corrected chi connectivity index (χ3v) is 3.29. The van der Waals surface area contributed by atoms with Gasteiger partial charge in [-0.1, -0.05) is 19.1 Å². The van der Waals surface area contributed by atoms with Crippen LogP contribution in [0.2, 0.25) is 0 Å². The highest BCUT2D eigenvalue weighted by Crippen LogP contribution is 2.22. The molecule has 0 aliphatic carbocycles. The summed E-state index contributed by atoms with van der Waals surface area (Å²) >= 11 is 0. The second-order valence-electron chi connectivity index (χ2n) is 5.32. The van der Waals surface area contributed by atoms with Crippen LogP contribution in [-0.4, -0.2) is 26.5 Å². The summed E-state index contributed by atoms with van der Waals surface area (Å²) in [6.45, 7) is 6.92. The third-order valence-electron chi connectivity index (χ3n) is 3.29. The molecule has 2 heterocycles. The number of nitrogens with one attached hydrogen (secondary N) is 3. The van der Waals surface area contributed by atoms with Crippen LogP contribution >= 0.6 is 0 Å². The standard InChI is InChI=1S/C16H20N6/c1-4-8-17-14-13-15(19-11(3)18-14)22-16(21-13)20-12-7-5-6-10(2)9-12/h5-7,9H,4,8H2,1-3H3,(H3,17,18,19,20,21,22). The Hall–Kier alpha value is -2.63. The van der Waals surface area contributed by atoms with Gasteiger partial charge in [0.15, 0.2) is 11.5 Å². The van der Waals surface area contributed by atoms with Gasteiger partial charge >= 0.3 is 0 Å². The minimum Gasteiger partial charge on any atom is -0.368 e. The zero-order valence-electron chi connectivity index (χ0n) is 13.1. The first-order valence-corrected chi connectivity index (χ1v) is 7.47. The number of rotatable bonds is 5. The lowest BCUT2D eigenvalue weighted by Crippen LogP contribution is -2.04. The van der Waals surface area contributed by atoms with Crippen LogP contribution in [0.4, 0.5) is 17.5 Å². The normalized spacial score (nSPS) is 10.9. The molecule has 0 amide bonds.